The minimum atomic E-state index is -1.17. The molecule has 2 aromatic heterocycles. The maximum Gasteiger partial charge on any atom is 0.263 e. The number of aromatic nitrogens is 4. The van der Waals surface area contributed by atoms with Gasteiger partial charge in [-0.25, -0.2) is 0 Å². The number of aromatic amines is 2. The van der Waals surface area contributed by atoms with Crippen molar-refractivity contribution < 1.29 is 4.55 Å². The van der Waals surface area contributed by atoms with Gasteiger partial charge in [-0.2, -0.15) is 10.1 Å². The SMILES string of the molecule is CC(C)(C)[S+]([O-])N[C@@H]1c2ccccc2CC12CCN(c1nc3n[nH]c(C4C[C@@H]4c4ccccc4)c3c(=O)[nH]1)CC2. The van der Waals surface area contributed by atoms with Crippen LogP contribution in [0.4, 0.5) is 5.95 Å². The topological polar surface area (TPSA) is 113 Å². The Bertz CT molecular complexity index is 1600. The quantitative estimate of drug-likeness (QED) is 0.303. The van der Waals surface area contributed by atoms with Gasteiger partial charge in [-0.1, -0.05) is 54.6 Å². The van der Waals surface area contributed by atoms with E-state index in [4.69, 9.17) is 4.98 Å². The molecule has 3 aliphatic rings. The van der Waals surface area contributed by atoms with E-state index in [-0.39, 0.29) is 27.7 Å². The summed E-state index contributed by atoms with van der Waals surface area (Å²) in [6.07, 6.45) is 3.80. The van der Waals surface area contributed by atoms with Crippen molar-refractivity contribution in [1.29, 1.82) is 0 Å². The average Bonchev–Trinajstić information content (AvgIpc) is 3.53. The second-order valence-electron chi connectivity index (χ2n) is 12.7. The largest absolute Gasteiger partial charge is 0.598 e. The molecule has 7 rings (SSSR count). The third kappa shape index (κ3) is 4.35. The van der Waals surface area contributed by atoms with Crippen molar-refractivity contribution in [3.63, 3.8) is 0 Å². The first-order chi connectivity index (χ1) is 19.2. The molecule has 2 fully saturated rings. The summed E-state index contributed by atoms with van der Waals surface area (Å²) >= 11 is -1.17. The van der Waals surface area contributed by atoms with Crippen LogP contribution in [-0.2, 0) is 17.8 Å². The molecule has 0 amide bonds. The summed E-state index contributed by atoms with van der Waals surface area (Å²) in [6, 6.07) is 19.0. The molecule has 4 aromatic rings. The van der Waals surface area contributed by atoms with E-state index in [9.17, 15) is 9.35 Å². The predicted molar refractivity (Wildman–Crippen MR) is 159 cm³/mol. The minimum absolute atomic E-state index is 0.0244. The van der Waals surface area contributed by atoms with Gasteiger partial charge in [0, 0.05) is 35.8 Å². The van der Waals surface area contributed by atoms with Crippen LogP contribution in [0.1, 0.15) is 80.3 Å². The number of hydrogen-bond acceptors (Lipinski definition) is 6. The molecular weight excluding hydrogens is 520 g/mol. The fraction of sp³-hybridized carbons (Fsp3) is 0.452. The molecule has 2 aliphatic carbocycles. The van der Waals surface area contributed by atoms with Crippen molar-refractivity contribution in [1.82, 2.24) is 24.9 Å². The van der Waals surface area contributed by atoms with Crippen LogP contribution in [0.2, 0.25) is 0 Å². The lowest BCUT2D eigenvalue weighted by molar-refractivity contribution is 0.175. The normalized spacial score (nSPS) is 24.4. The monoisotopic (exact) mass is 556 g/mol. The Hall–Kier alpha value is -3.14. The van der Waals surface area contributed by atoms with Crippen molar-refractivity contribution in [3.05, 3.63) is 87.3 Å². The Morgan fingerprint density at radius 1 is 1.05 bits per heavy atom. The highest BCUT2D eigenvalue weighted by molar-refractivity contribution is 7.90. The van der Waals surface area contributed by atoms with Gasteiger partial charge in [0.15, 0.2) is 5.65 Å². The van der Waals surface area contributed by atoms with E-state index in [0.717, 1.165) is 44.5 Å². The maximum absolute atomic E-state index is 13.3. The maximum atomic E-state index is 13.3. The van der Waals surface area contributed by atoms with E-state index in [1.54, 1.807) is 0 Å². The molecule has 1 saturated heterocycles. The summed E-state index contributed by atoms with van der Waals surface area (Å²) in [4.78, 5) is 23.4. The van der Waals surface area contributed by atoms with Crippen LogP contribution in [0.3, 0.4) is 0 Å². The number of anilines is 1. The summed E-state index contributed by atoms with van der Waals surface area (Å²) in [6.45, 7) is 7.55. The Labute approximate surface area is 237 Å². The second-order valence-corrected chi connectivity index (χ2v) is 14.7. The molecule has 3 heterocycles. The molecule has 2 unspecified atom stereocenters. The molecular formula is C31H36N6O2S. The highest BCUT2D eigenvalue weighted by Crippen LogP contribution is 2.55. The van der Waals surface area contributed by atoms with Crippen molar-refractivity contribution in [2.75, 3.05) is 18.0 Å². The van der Waals surface area contributed by atoms with Gasteiger partial charge in [-0.3, -0.25) is 14.9 Å². The van der Waals surface area contributed by atoms with Gasteiger partial charge >= 0.3 is 0 Å². The zero-order valence-corrected chi connectivity index (χ0v) is 24.1. The summed E-state index contributed by atoms with van der Waals surface area (Å²) in [5.74, 6) is 1.26. The molecule has 1 aliphatic heterocycles. The zero-order chi connectivity index (χ0) is 27.6. The van der Waals surface area contributed by atoms with Gasteiger partial charge in [-0.15, -0.1) is 4.72 Å². The number of nitrogens with one attached hydrogen (secondary N) is 3. The van der Waals surface area contributed by atoms with Crippen LogP contribution in [0.5, 0.6) is 0 Å². The molecule has 0 bridgehead atoms. The van der Waals surface area contributed by atoms with Crippen molar-refractivity contribution >= 4 is 28.3 Å². The average molecular weight is 557 g/mol. The summed E-state index contributed by atoms with van der Waals surface area (Å²) in [7, 11) is 0. The lowest BCUT2D eigenvalue weighted by Gasteiger charge is -2.44. The first-order valence-corrected chi connectivity index (χ1v) is 15.4. The molecule has 1 saturated carbocycles. The van der Waals surface area contributed by atoms with Gasteiger partial charge in [-0.05, 0) is 69.1 Å². The molecule has 8 nitrogen and oxygen atoms in total. The van der Waals surface area contributed by atoms with Crippen LogP contribution in [0.15, 0.2) is 59.4 Å². The van der Waals surface area contributed by atoms with E-state index < -0.39 is 11.4 Å². The second kappa shape index (κ2) is 9.46. The van der Waals surface area contributed by atoms with E-state index in [1.807, 2.05) is 26.8 Å². The van der Waals surface area contributed by atoms with Crippen LogP contribution in [0.25, 0.3) is 11.0 Å². The van der Waals surface area contributed by atoms with E-state index >= 15 is 0 Å². The lowest BCUT2D eigenvalue weighted by Crippen LogP contribution is -2.50. The third-order valence-corrected chi connectivity index (χ3v) is 10.8. The summed E-state index contributed by atoms with van der Waals surface area (Å²) in [5.41, 5.74) is 5.13. The highest BCUT2D eigenvalue weighted by Gasteiger charge is 2.50. The number of nitrogens with zero attached hydrogens (tertiary/aromatic N) is 3. The van der Waals surface area contributed by atoms with Gasteiger partial charge in [0.2, 0.25) is 5.95 Å². The van der Waals surface area contributed by atoms with Crippen LogP contribution >= 0.6 is 0 Å². The van der Waals surface area contributed by atoms with Gasteiger partial charge in [0.25, 0.3) is 5.56 Å². The standard InChI is InChI=1S/C31H36N6O2S/c1-30(2,3)40(39)36-26-21-12-8-7-11-20(21)18-31(26)13-15-37(16-14-31)29-32-27-24(28(38)33-29)25(34-35-27)23-17-22(23)19-9-5-4-6-10-19/h4-12,22-23,26,36H,13-18H2,1-3H3,(H2,32,33,34,35,38)/t22-,23?,26-,40?/m1/s1. The predicted octanol–water partition coefficient (Wildman–Crippen LogP) is 4.85. The number of hydrogen-bond donors (Lipinski definition) is 3. The molecule has 3 N–H and O–H groups in total. The van der Waals surface area contributed by atoms with Crippen LogP contribution in [0, 0.1) is 5.41 Å². The fourth-order valence-corrected chi connectivity index (χ4v) is 7.78. The summed E-state index contributed by atoms with van der Waals surface area (Å²) in [5, 5.41) is 8.19. The Morgan fingerprint density at radius 3 is 2.52 bits per heavy atom. The Morgan fingerprint density at radius 2 is 1.77 bits per heavy atom. The molecule has 0 radical (unpaired) electrons. The molecule has 208 valence electrons. The number of benzene rings is 2. The molecule has 2 aromatic carbocycles. The molecule has 9 heteroatoms. The van der Waals surface area contributed by atoms with Crippen LogP contribution < -0.4 is 15.2 Å². The van der Waals surface area contributed by atoms with Gasteiger partial charge < -0.3 is 9.45 Å². The van der Waals surface area contributed by atoms with Gasteiger partial charge in [0.1, 0.15) is 10.1 Å². The van der Waals surface area contributed by atoms with Crippen molar-refractivity contribution in [3.8, 4) is 0 Å². The van der Waals surface area contributed by atoms with Crippen LogP contribution in [-0.4, -0.2) is 42.6 Å². The third-order valence-electron chi connectivity index (χ3n) is 9.19. The smallest absolute Gasteiger partial charge is 0.263 e. The zero-order valence-electron chi connectivity index (χ0n) is 23.2. The van der Waals surface area contributed by atoms with Gasteiger partial charge in [0.05, 0.1) is 11.7 Å². The first-order valence-electron chi connectivity index (χ1n) is 14.3. The molecule has 40 heavy (non-hydrogen) atoms. The number of H-pyrrole nitrogens is 2. The first kappa shape index (κ1) is 25.8. The lowest BCUT2D eigenvalue weighted by atomic mass is 9.73. The number of rotatable bonds is 5. The van der Waals surface area contributed by atoms with E-state index in [1.165, 1.54) is 16.7 Å². The summed E-state index contributed by atoms with van der Waals surface area (Å²) < 4.78 is 16.4. The highest BCUT2D eigenvalue weighted by atomic mass is 32.2. The number of piperidine rings is 1. The number of fused-ring (bicyclic) bond motifs is 2. The Balaban J connectivity index is 1.11. The van der Waals surface area contributed by atoms with Crippen molar-refractivity contribution in [2.24, 2.45) is 5.41 Å². The molecule has 1 spiro atoms. The van der Waals surface area contributed by atoms with Crippen molar-refractivity contribution in [2.45, 2.75) is 69.1 Å². The molecule has 4 atom stereocenters. The minimum Gasteiger partial charge on any atom is -0.598 e. The Kier molecular flexibility index (Phi) is 6.10. The van der Waals surface area contributed by atoms with E-state index in [2.05, 4.69) is 73.3 Å². The van der Waals surface area contributed by atoms with E-state index in [0.29, 0.717) is 22.9 Å². The fourth-order valence-electron chi connectivity index (χ4n) is 6.83.